The van der Waals surface area contributed by atoms with E-state index >= 15 is 0 Å². The summed E-state index contributed by atoms with van der Waals surface area (Å²) in [5.74, 6) is -0.310. The van der Waals surface area contributed by atoms with E-state index in [4.69, 9.17) is 4.74 Å². The van der Waals surface area contributed by atoms with Crippen LogP contribution in [0, 0.1) is 5.92 Å². The summed E-state index contributed by atoms with van der Waals surface area (Å²) in [6, 6.07) is -0.598. The number of carbonyl (C=O) groups is 3. The summed E-state index contributed by atoms with van der Waals surface area (Å²) in [6.45, 7) is 9.80. The molecular weight excluding hydrogens is 384 g/mol. The number of nitrogens with one attached hydrogen (secondary N) is 2. The summed E-state index contributed by atoms with van der Waals surface area (Å²) in [5, 5.41) is 5.60. The average Bonchev–Trinajstić information content (AvgIpc) is 2.64. The van der Waals surface area contributed by atoms with Crippen molar-refractivity contribution in [2.24, 2.45) is 5.92 Å². The van der Waals surface area contributed by atoms with Crippen molar-refractivity contribution in [2.45, 2.75) is 110 Å². The Kier molecular flexibility index (Phi) is 15.0. The van der Waals surface area contributed by atoms with Crippen molar-refractivity contribution < 1.29 is 23.9 Å². The number of carbonyl (C=O) groups excluding carboxylic acids is 3. The third-order valence-corrected chi connectivity index (χ3v) is 4.71. The van der Waals surface area contributed by atoms with Crippen LogP contribution in [0.15, 0.2) is 0 Å². The smallest absolute Gasteiger partial charge is 0.408 e. The zero-order valence-electron chi connectivity index (χ0n) is 20.0. The first-order valence-electron chi connectivity index (χ1n) is 11.4. The molecule has 0 spiro atoms. The third kappa shape index (κ3) is 16.1. The van der Waals surface area contributed by atoms with E-state index in [2.05, 4.69) is 15.4 Å². The summed E-state index contributed by atoms with van der Waals surface area (Å²) < 4.78 is 9.87. The normalized spacial score (nSPS) is 12.4. The molecule has 1 atom stereocenters. The van der Waals surface area contributed by atoms with Gasteiger partial charge in [0.15, 0.2) is 0 Å². The summed E-state index contributed by atoms with van der Waals surface area (Å²) in [5.41, 5.74) is -0.592. The molecule has 2 N–H and O–H groups in total. The molecule has 0 unspecified atom stereocenters. The van der Waals surface area contributed by atoms with E-state index in [9.17, 15) is 14.4 Å². The molecule has 0 saturated heterocycles. The van der Waals surface area contributed by atoms with E-state index in [1.54, 1.807) is 20.8 Å². The average molecular weight is 429 g/mol. The number of unbranched alkanes of at least 4 members (excludes halogenated alkanes) is 8. The number of amides is 2. The second kappa shape index (κ2) is 16.0. The highest BCUT2D eigenvalue weighted by Gasteiger charge is 2.26. The fourth-order valence-electron chi connectivity index (χ4n) is 3.02. The lowest BCUT2D eigenvalue weighted by Crippen LogP contribution is -2.51. The first kappa shape index (κ1) is 28.2. The van der Waals surface area contributed by atoms with E-state index in [1.165, 1.54) is 26.4 Å². The number of esters is 1. The Morgan fingerprint density at radius 3 is 1.80 bits per heavy atom. The molecule has 0 aromatic carbocycles. The molecule has 0 rings (SSSR count). The van der Waals surface area contributed by atoms with Gasteiger partial charge in [-0.2, -0.15) is 0 Å². The summed E-state index contributed by atoms with van der Waals surface area (Å²) in [4.78, 5) is 35.4. The molecule has 0 aliphatic rings. The molecule has 0 fully saturated rings. The van der Waals surface area contributed by atoms with Gasteiger partial charge in [0, 0.05) is 13.0 Å². The number of ether oxygens (including phenoxy) is 2. The molecule has 0 saturated carbocycles. The van der Waals surface area contributed by atoms with Gasteiger partial charge in [-0.25, -0.2) is 4.79 Å². The molecule has 2 amide bonds. The maximum atomic E-state index is 12.4. The van der Waals surface area contributed by atoms with Gasteiger partial charge in [0.25, 0.3) is 0 Å². The van der Waals surface area contributed by atoms with Gasteiger partial charge in [0.05, 0.1) is 7.11 Å². The van der Waals surface area contributed by atoms with Gasteiger partial charge < -0.3 is 20.1 Å². The predicted octanol–water partition coefficient (Wildman–Crippen LogP) is 4.73. The van der Waals surface area contributed by atoms with Gasteiger partial charge in [-0.3, -0.25) is 9.59 Å². The fraction of sp³-hybridized carbons (Fsp3) is 0.870. The number of rotatable bonds is 15. The van der Waals surface area contributed by atoms with Crippen LogP contribution in [0.3, 0.4) is 0 Å². The Balaban J connectivity index is 3.79. The number of hydrogen-bond donors (Lipinski definition) is 2. The van der Waals surface area contributed by atoms with E-state index in [1.807, 2.05) is 13.8 Å². The van der Waals surface area contributed by atoms with Crippen molar-refractivity contribution >= 4 is 18.0 Å². The topological polar surface area (TPSA) is 93.7 Å². The van der Waals surface area contributed by atoms with Crippen molar-refractivity contribution in [3.8, 4) is 0 Å². The molecule has 7 heteroatoms. The van der Waals surface area contributed by atoms with Gasteiger partial charge in [-0.05, 0) is 39.5 Å². The van der Waals surface area contributed by atoms with E-state index in [0.717, 1.165) is 38.5 Å². The molecule has 0 radical (unpaired) electrons. The maximum absolute atomic E-state index is 12.4. The van der Waals surface area contributed by atoms with Gasteiger partial charge in [0.2, 0.25) is 5.91 Å². The second-order valence-corrected chi connectivity index (χ2v) is 9.17. The molecule has 7 nitrogen and oxygen atoms in total. The van der Waals surface area contributed by atoms with Crippen molar-refractivity contribution in [3.63, 3.8) is 0 Å². The first-order valence-corrected chi connectivity index (χ1v) is 11.4. The predicted molar refractivity (Wildman–Crippen MR) is 119 cm³/mol. The zero-order chi connectivity index (χ0) is 23.0. The second-order valence-electron chi connectivity index (χ2n) is 9.17. The Bertz CT molecular complexity index is 500. The van der Waals surface area contributed by atoms with Crippen LogP contribution < -0.4 is 10.6 Å². The van der Waals surface area contributed by atoms with Crippen LogP contribution in [0.25, 0.3) is 0 Å². The minimum atomic E-state index is -0.598. The Morgan fingerprint density at radius 1 is 0.833 bits per heavy atom. The van der Waals surface area contributed by atoms with Crippen molar-refractivity contribution in [1.29, 1.82) is 0 Å². The molecule has 0 bridgehead atoms. The monoisotopic (exact) mass is 428 g/mol. The highest BCUT2D eigenvalue weighted by atomic mass is 16.6. The SMILES string of the molecule is COC(=O)CCCCCCCCCCCNC(=O)[C@@H](NC(=O)OC(C)(C)C)C(C)C. The Labute approximate surface area is 183 Å². The van der Waals surface area contributed by atoms with E-state index in [0.29, 0.717) is 13.0 Å². The number of alkyl carbamates (subject to hydrolysis) is 1. The quantitative estimate of drug-likeness (QED) is 0.291. The van der Waals surface area contributed by atoms with E-state index in [-0.39, 0.29) is 17.8 Å². The molecule has 0 aromatic heterocycles. The Hall–Kier alpha value is -1.79. The van der Waals surface area contributed by atoms with Crippen LogP contribution in [0.5, 0.6) is 0 Å². The standard InChI is InChI=1S/C23H44N2O5/c1-18(2)20(25-22(28)30-23(3,4)5)21(27)24-17-15-13-11-9-7-8-10-12-14-16-19(26)29-6/h18,20H,7-17H2,1-6H3,(H,24,27)(H,25,28)/t20-/m0/s1. The summed E-state index contributed by atoms with van der Waals surface area (Å²) >= 11 is 0. The highest BCUT2D eigenvalue weighted by molar-refractivity contribution is 5.85. The lowest BCUT2D eigenvalue weighted by molar-refractivity contribution is -0.140. The fourth-order valence-corrected chi connectivity index (χ4v) is 3.02. The largest absolute Gasteiger partial charge is 0.469 e. The van der Waals surface area contributed by atoms with Gasteiger partial charge in [-0.1, -0.05) is 58.8 Å². The van der Waals surface area contributed by atoms with Crippen molar-refractivity contribution in [2.75, 3.05) is 13.7 Å². The third-order valence-electron chi connectivity index (χ3n) is 4.71. The summed E-state index contributed by atoms with van der Waals surface area (Å²) in [6.07, 6.45) is 9.87. The van der Waals surface area contributed by atoms with Gasteiger partial charge in [-0.15, -0.1) is 0 Å². The molecule has 0 heterocycles. The number of methoxy groups -OCH3 is 1. The minimum Gasteiger partial charge on any atom is -0.469 e. The lowest BCUT2D eigenvalue weighted by atomic mass is 10.0. The van der Waals surface area contributed by atoms with Crippen LogP contribution in [0.4, 0.5) is 4.79 Å². The Morgan fingerprint density at radius 2 is 1.33 bits per heavy atom. The van der Waals surface area contributed by atoms with Gasteiger partial charge in [0.1, 0.15) is 11.6 Å². The number of hydrogen-bond acceptors (Lipinski definition) is 5. The van der Waals surface area contributed by atoms with E-state index < -0.39 is 17.7 Å². The minimum absolute atomic E-state index is 0.0230. The molecule has 176 valence electrons. The van der Waals surface area contributed by atoms with Crippen molar-refractivity contribution in [3.05, 3.63) is 0 Å². The summed E-state index contributed by atoms with van der Waals surface area (Å²) in [7, 11) is 1.43. The molecule has 0 aromatic rings. The molecule has 30 heavy (non-hydrogen) atoms. The van der Waals surface area contributed by atoms with Gasteiger partial charge >= 0.3 is 12.1 Å². The molecule has 0 aliphatic heterocycles. The first-order chi connectivity index (χ1) is 14.1. The van der Waals surface area contributed by atoms with Crippen LogP contribution >= 0.6 is 0 Å². The van der Waals surface area contributed by atoms with Crippen LogP contribution in [0.1, 0.15) is 98.8 Å². The van der Waals surface area contributed by atoms with Crippen LogP contribution in [-0.4, -0.2) is 43.3 Å². The molecular formula is C23H44N2O5. The van der Waals surface area contributed by atoms with Crippen LogP contribution in [0.2, 0.25) is 0 Å². The molecule has 0 aliphatic carbocycles. The highest BCUT2D eigenvalue weighted by Crippen LogP contribution is 2.11. The zero-order valence-corrected chi connectivity index (χ0v) is 20.0. The maximum Gasteiger partial charge on any atom is 0.408 e. The lowest BCUT2D eigenvalue weighted by Gasteiger charge is -2.25. The van der Waals surface area contributed by atoms with Crippen molar-refractivity contribution in [1.82, 2.24) is 10.6 Å². The van der Waals surface area contributed by atoms with Crippen LogP contribution in [-0.2, 0) is 19.1 Å².